The van der Waals surface area contributed by atoms with Gasteiger partial charge in [-0.25, -0.2) is 0 Å². The van der Waals surface area contributed by atoms with Gasteiger partial charge in [0.15, 0.2) is 0 Å². The molecule has 0 unspecified atom stereocenters. The maximum absolute atomic E-state index is 11.9. The summed E-state index contributed by atoms with van der Waals surface area (Å²) in [4.78, 5) is 11.9. The highest BCUT2D eigenvalue weighted by Gasteiger charge is 2.23. The molecule has 0 saturated heterocycles. The molecule has 0 heterocycles. The number of hydrogen-bond acceptors (Lipinski definition) is 5. The fraction of sp³-hybridized carbons (Fsp3) is 0.286. The monoisotopic (exact) mass is 267 g/mol. The molecule has 100 valence electrons. The third-order valence-electron chi connectivity index (χ3n) is 2.91. The number of anilines is 1. The van der Waals surface area contributed by atoms with Gasteiger partial charge in [-0.15, -0.1) is 0 Å². The molecule has 1 aliphatic carbocycles. The van der Waals surface area contributed by atoms with Crippen LogP contribution in [-0.2, 0) is 0 Å². The molecule has 0 spiro atoms. The molecule has 1 aromatic carbocycles. The maximum Gasteiger partial charge on any atom is 0.251 e. The first-order valence-corrected chi connectivity index (χ1v) is 6.19. The standard InChI is InChI=1S/C14H13N5O/c1-9-2-3-10(14(20)17-11-4-5-11)6-13(9)19-18-12(7-15)8-16/h2-3,6,11,19H,4-5H2,1H3,(H,17,20). The van der Waals surface area contributed by atoms with Crippen molar-refractivity contribution in [1.82, 2.24) is 5.32 Å². The van der Waals surface area contributed by atoms with Gasteiger partial charge in [0, 0.05) is 11.6 Å². The largest absolute Gasteiger partial charge is 0.349 e. The quantitative estimate of drug-likeness (QED) is 0.640. The number of hydrogen-bond donors (Lipinski definition) is 2. The number of nitrogens with zero attached hydrogens (tertiary/aromatic N) is 3. The van der Waals surface area contributed by atoms with Crippen LogP contribution in [0.5, 0.6) is 0 Å². The Morgan fingerprint density at radius 1 is 1.35 bits per heavy atom. The third kappa shape index (κ3) is 3.33. The molecular formula is C14H13N5O. The number of amides is 1. The van der Waals surface area contributed by atoms with Crippen molar-refractivity contribution in [1.29, 1.82) is 10.5 Å². The highest BCUT2D eigenvalue weighted by atomic mass is 16.1. The molecule has 1 saturated carbocycles. The Labute approximate surface area is 116 Å². The van der Waals surface area contributed by atoms with Crippen LogP contribution in [0.2, 0.25) is 0 Å². The van der Waals surface area contributed by atoms with Crippen molar-refractivity contribution in [3.63, 3.8) is 0 Å². The van der Waals surface area contributed by atoms with E-state index in [2.05, 4.69) is 15.8 Å². The van der Waals surface area contributed by atoms with E-state index in [1.54, 1.807) is 30.3 Å². The summed E-state index contributed by atoms with van der Waals surface area (Å²) in [6, 6.07) is 8.79. The van der Waals surface area contributed by atoms with E-state index in [-0.39, 0.29) is 11.6 Å². The molecule has 0 aliphatic heterocycles. The molecule has 20 heavy (non-hydrogen) atoms. The van der Waals surface area contributed by atoms with Gasteiger partial charge in [0.05, 0.1) is 5.69 Å². The van der Waals surface area contributed by atoms with Crippen LogP contribution < -0.4 is 10.7 Å². The Balaban J connectivity index is 2.16. The summed E-state index contributed by atoms with van der Waals surface area (Å²) in [5.74, 6) is -0.125. The summed E-state index contributed by atoms with van der Waals surface area (Å²) in [5.41, 5.74) is 4.36. The summed E-state index contributed by atoms with van der Waals surface area (Å²) in [6.45, 7) is 1.85. The van der Waals surface area contributed by atoms with E-state index in [9.17, 15) is 4.79 Å². The number of nitriles is 2. The summed E-state index contributed by atoms with van der Waals surface area (Å²) in [6.07, 6.45) is 2.06. The van der Waals surface area contributed by atoms with Crippen LogP contribution in [-0.4, -0.2) is 17.7 Å². The number of aryl methyl sites for hydroxylation is 1. The first kappa shape index (κ1) is 13.6. The van der Waals surface area contributed by atoms with Crippen molar-refractivity contribution in [2.45, 2.75) is 25.8 Å². The Kier molecular flexibility index (Phi) is 3.97. The van der Waals surface area contributed by atoms with Gasteiger partial charge in [0.1, 0.15) is 12.1 Å². The average Bonchev–Trinajstić information content (AvgIpc) is 3.25. The van der Waals surface area contributed by atoms with Crippen LogP contribution in [0.15, 0.2) is 23.3 Å². The van der Waals surface area contributed by atoms with E-state index >= 15 is 0 Å². The van der Waals surface area contributed by atoms with E-state index in [1.807, 2.05) is 6.92 Å². The fourth-order valence-electron chi connectivity index (χ4n) is 1.57. The summed E-state index contributed by atoms with van der Waals surface area (Å²) >= 11 is 0. The third-order valence-corrected chi connectivity index (χ3v) is 2.91. The molecule has 6 nitrogen and oxygen atoms in total. The molecule has 6 heteroatoms. The van der Waals surface area contributed by atoms with Gasteiger partial charge in [-0.2, -0.15) is 15.6 Å². The van der Waals surface area contributed by atoms with Crippen LogP contribution in [0.4, 0.5) is 5.69 Å². The normalized spacial score (nSPS) is 12.8. The smallest absolute Gasteiger partial charge is 0.251 e. The summed E-state index contributed by atoms with van der Waals surface area (Å²) in [5, 5.41) is 23.8. The number of nitrogens with one attached hydrogen (secondary N) is 2. The molecule has 1 aromatic rings. The molecule has 2 N–H and O–H groups in total. The molecule has 0 radical (unpaired) electrons. The summed E-state index contributed by atoms with van der Waals surface area (Å²) in [7, 11) is 0. The highest BCUT2D eigenvalue weighted by Crippen LogP contribution is 2.21. The van der Waals surface area contributed by atoms with Crippen molar-refractivity contribution in [3.8, 4) is 12.1 Å². The second kappa shape index (κ2) is 5.85. The lowest BCUT2D eigenvalue weighted by Crippen LogP contribution is -2.25. The molecule has 0 bridgehead atoms. The predicted octanol–water partition coefficient (Wildman–Crippen LogP) is 1.70. The van der Waals surface area contributed by atoms with Gasteiger partial charge in [0.25, 0.3) is 5.91 Å². The topological polar surface area (TPSA) is 101 Å². The zero-order valence-electron chi connectivity index (χ0n) is 11.0. The minimum absolute atomic E-state index is 0.125. The van der Waals surface area contributed by atoms with Crippen molar-refractivity contribution in [2.75, 3.05) is 5.43 Å². The zero-order valence-corrected chi connectivity index (χ0v) is 11.0. The number of carbonyl (C=O) groups excluding carboxylic acids is 1. The molecule has 1 amide bonds. The SMILES string of the molecule is Cc1ccc(C(=O)NC2CC2)cc1NN=C(C#N)C#N. The number of carbonyl (C=O) groups is 1. The summed E-state index contributed by atoms with van der Waals surface area (Å²) < 4.78 is 0. The van der Waals surface area contributed by atoms with Crippen molar-refractivity contribution >= 4 is 17.3 Å². The predicted molar refractivity (Wildman–Crippen MR) is 74.0 cm³/mol. The lowest BCUT2D eigenvalue weighted by molar-refractivity contribution is 0.0951. The Bertz CT molecular complexity index is 631. The molecule has 2 rings (SSSR count). The second-order valence-corrected chi connectivity index (χ2v) is 4.57. The fourth-order valence-corrected chi connectivity index (χ4v) is 1.57. The Morgan fingerprint density at radius 3 is 2.65 bits per heavy atom. The van der Waals surface area contributed by atoms with Crippen LogP contribution in [0.1, 0.15) is 28.8 Å². The van der Waals surface area contributed by atoms with Gasteiger partial charge in [0.2, 0.25) is 5.71 Å². The lowest BCUT2D eigenvalue weighted by atomic mass is 10.1. The van der Waals surface area contributed by atoms with Crippen molar-refractivity contribution < 1.29 is 4.79 Å². The van der Waals surface area contributed by atoms with E-state index < -0.39 is 0 Å². The number of hydrazone groups is 1. The minimum Gasteiger partial charge on any atom is -0.349 e. The van der Waals surface area contributed by atoms with E-state index in [0.29, 0.717) is 17.3 Å². The van der Waals surface area contributed by atoms with Crippen molar-refractivity contribution in [3.05, 3.63) is 29.3 Å². The van der Waals surface area contributed by atoms with Crippen molar-refractivity contribution in [2.24, 2.45) is 5.10 Å². The van der Waals surface area contributed by atoms with Gasteiger partial charge in [-0.3, -0.25) is 10.2 Å². The second-order valence-electron chi connectivity index (χ2n) is 4.57. The van der Waals surface area contributed by atoms with Gasteiger partial charge in [-0.1, -0.05) is 6.07 Å². The first-order valence-electron chi connectivity index (χ1n) is 6.19. The average molecular weight is 267 g/mol. The Hall–Kier alpha value is -2.86. The molecular weight excluding hydrogens is 254 g/mol. The zero-order chi connectivity index (χ0) is 14.5. The molecule has 1 fully saturated rings. The Morgan fingerprint density at radius 2 is 2.05 bits per heavy atom. The number of rotatable bonds is 4. The maximum atomic E-state index is 11.9. The van der Waals surface area contributed by atoms with Gasteiger partial charge in [-0.05, 0) is 37.5 Å². The lowest BCUT2D eigenvalue weighted by Gasteiger charge is -2.08. The molecule has 0 aromatic heterocycles. The van der Waals surface area contributed by atoms with E-state index in [1.165, 1.54) is 0 Å². The molecule has 0 atom stereocenters. The van der Waals surface area contributed by atoms with Crippen LogP contribution in [0, 0.1) is 29.6 Å². The number of benzene rings is 1. The van der Waals surface area contributed by atoms with E-state index in [4.69, 9.17) is 10.5 Å². The first-order chi connectivity index (χ1) is 9.63. The van der Waals surface area contributed by atoms with Gasteiger partial charge < -0.3 is 5.32 Å². The van der Waals surface area contributed by atoms with E-state index in [0.717, 1.165) is 18.4 Å². The highest BCUT2D eigenvalue weighted by molar-refractivity contribution is 6.10. The van der Waals surface area contributed by atoms with Gasteiger partial charge >= 0.3 is 0 Å². The molecule has 1 aliphatic rings. The minimum atomic E-state index is -0.266. The van der Waals surface area contributed by atoms with Crippen LogP contribution in [0.3, 0.4) is 0 Å². The van der Waals surface area contributed by atoms with Crippen LogP contribution in [0.25, 0.3) is 0 Å². The van der Waals surface area contributed by atoms with Crippen LogP contribution >= 0.6 is 0 Å².